The summed E-state index contributed by atoms with van der Waals surface area (Å²) in [5.41, 5.74) is -2.23. The van der Waals surface area contributed by atoms with Gasteiger partial charge in [0.2, 0.25) is 0 Å². The molecule has 8 heteroatoms. The maximum Gasteiger partial charge on any atom is 0.290 e. The largest absolute Gasteiger partial charge is 0.320 e. The highest BCUT2D eigenvalue weighted by atomic mass is 127. The third kappa shape index (κ3) is 2.05. The number of H-pyrrole nitrogens is 1. The smallest absolute Gasteiger partial charge is 0.290 e. The summed E-state index contributed by atoms with van der Waals surface area (Å²) in [7, 11) is 0. The molecule has 5 nitrogen and oxygen atoms in total. The van der Waals surface area contributed by atoms with Crippen LogP contribution < -0.4 is 5.56 Å². The number of nitrogens with one attached hydrogen (secondary N) is 1. The Balaban J connectivity index is 3.43. The van der Waals surface area contributed by atoms with E-state index in [-0.39, 0.29) is 3.57 Å². The van der Waals surface area contributed by atoms with Gasteiger partial charge in [-0.25, -0.2) is 8.78 Å². The van der Waals surface area contributed by atoms with Gasteiger partial charge in [0.05, 0.1) is 10.6 Å². The molecule has 0 saturated heterocycles. The number of hydrogen-bond donors (Lipinski definition) is 1. The maximum atomic E-state index is 12.1. The highest BCUT2D eigenvalue weighted by molar-refractivity contribution is 14.1. The van der Waals surface area contributed by atoms with E-state index in [9.17, 15) is 23.7 Å². The van der Waals surface area contributed by atoms with E-state index in [1.807, 2.05) is 4.98 Å². The van der Waals surface area contributed by atoms with Crippen LogP contribution in [-0.2, 0) is 0 Å². The molecule has 0 radical (unpaired) electrons. The highest BCUT2D eigenvalue weighted by Gasteiger charge is 2.20. The van der Waals surface area contributed by atoms with Crippen molar-refractivity contribution in [1.29, 1.82) is 0 Å². The van der Waals surface area contributed by atoms with Gasteiger partial charge in [-0.2, -0.15) is 0 Å². The molecule has 1 aromatic heterocycles. The van der Waals surface area contributed by atoms with Crippen LogP contribution in [-0.4, -0.2) is 9.91 Å². The summed E-state index contributed by atoms with van der Waals surface area (Å²) in [5, 5.41) is 10.4. The van der Waals surface area contributed by atoms with Crippen LogP contribution in [0.15, 0.2) is 10.9 Å². The van der Waals surface area contributed by atoms with Gasteiger partial charge in [0, 0.05) is 6.07 Å². The molecule has 0 aliphatic rings. The first kappa shape index (κ1) is 11.0. The van der Waals surface area contributed by atoms with Crippen LogP contribution in [0.2, 0.25) is 0 Å². The third-order valence-electron chi connectivity index (χ3n) is 1.41. The van der Waals surface area contributed by atoms with Gasteiger partial charge < -0.3 is 4.98 Å². The van der Waals surface area contributed by atoms with E-state index in [4.69, 9.17) is 0 Å². The van der Waals surface area contributed by atoms with Crippen molar-refractivity contribution < 1.29 is 13.7 Å². The normalized spacial score (nSPS) is 10.6. The number of aromatic amines is 1. The second-order valence-electron chi connectivity index (χ2n) is 2.31. The highest BCUT2D eigenvalue weighted by Crippen LogP contribution is 2.22. The van der Waals surface area contributed by atoms with Crippen molar-refractivity contribution in [2.45, 2.75) is 6.43 Å². The lowest BCUT2D eigenvalue weighted by Crippen LogP contribution is -2.14. The average Bonchev–Trinajstić information content (AvgIpc) is 2.08. The SMILES string of the molecule is O=c1[nH]c(C(F)F)cc([N+](=O)[O-])c1I. The minimum atomic E-state index is -2.93. The fraction of sp³-hybridized carbons (Fsp3) is 0.167. The average molecular weight is 316 g/mol. The molecule has 1 rings (SSSR count). The minimum Gasteiger partial charge on any atom is -0.320 e. The van der Waals surface area contributed by atoms with Crippen molar-refractivity contribution in [3.63, 3.8) is 0 Å². The van der Waals surface area contributed by atoms with Gasteiger partial charge in [0.25, 0.3) is 17.7 Å². The Hall–Kier alpha value is -1.06. The minimum absolute atomic E-state index is 0.211. The van der Waals surface area contributed by atoms with E-state index >= 15 is 0 Å². The standard InChI is InChI=1S/C6H3F2IN2O3/c7-5(8)2-1-3(11(13)14)4(9)6(12)10-2/h1,5H,(H,10,12). The van der Waals surface area contributed by atoms with Crippen molar-refractivity contribution in [2.24, 2.45) is 0 Å². The molecule has 1 heterocycles. The van der Waals surface area contributed by atoms with Crippen molar-refractivity contribution in [1.82, 2.24) is 4.98 Å². The lowest BCUT2D eigenvalue weighted by atomic mass is 10.3. The quantitative estimate of drug-likeness (QED) is 0.514. The van der Waals surface area contributed by atoms with Gasteiger partial charge in [0.1, 0.15) is 0 Å². The predicted octanol–water partition coefficient (Wildman–Crippen LogP) is 1.83. The van der Waals surface area contributed by atoms with Gasteiger partial charge in [-0.1, -0.05) is 0 Å². The van der Waals surface area contributed by atoms with Crippen LogP contribution in [0.25, 0.3) is 0 Å². The van der Waals surface area contributed by atoms with Gasteiger partial charge in [-0.3, -0.25) is 14.9 Å². The molecule has 1 aromatic rings. The summed E-state index contributed by atoms with van der Waals surface area (Å²) in [6.45, 7) is 0. The molecule has 0 aliphatic heterocycles. The number of nitro groups is 1. The van der Waals surface area contributed by atoms with E-state index in [1.54, 1.807) is 0 Å². The van der Waals surface area contributed by atoms with E-state index in [0.29, 0.717) is 6.07 Å². The Labute approximate surface area is 89.4 Å². The maximum absolute atomic E-state index is 12.1. The first-order valence-corrected chi connectivity index (χ1v) is 4.36. The first-order valence-electron chi connectivity index (χ1n) is 3.28. The van der Waals surface area contributed by atoms with E-state index in [0.717, 1.165) is 0 Å². The van der Waals surface area contributed by atoms with Gasteiger partial charge in [0.15, 0.2) is 3.57 Å². The first-order chi connectivity index (χ1) is 6.43. The summed E-state index contributed by atoms with van der Waals surface area (Å²) in [6, 6.07) is 0.661. The molecule has 76 valence electrons. The van der Waals surface area contributed by atoms with Crippen LogP contribution in [0, 0.1) is 13.7 Å². The molecule has 0 amide bonds. The number of hydrogen-bond acceptors (Lipinski definition) is 3. The molecule has 0 bridgehead atoms. The zero-order valence-corrected chi connectivity index (χ0v) is 8.62. The molecule has 0 aliphatic carbocycles. The van der Waals surface area contributed by atoms with Gasteiger partial charge >= 0.3 is 0 Å². The monoisotopic (exact) mass is 316 g/mol. The Morgan fingerprint density at radius 1 is 1.57 bits per heavy atom. The lowest BCUT2D eigenvalue weighted by molar-refractivity contribution is -0.386. The van der Waals surface area contributed by atoms with Crippen LogP contribution >= 0.6 is 22.6 Å². The number of nitrogens with zero attached hydrogens (tertiary/aromatic N) is 1. The van der Waals surface area contributed by atoms with Crippen LogP contribution in [0.1, 0.15) is 12.1 Å². The van der Waals surface area contributed by atoms with Crippen molar-refractivity contribution in [2.75, 3.05) is 0 Å². The molecule has 0 saturated carbocycles. The number of halogens is 3. The second kappa shape index (κ2) is 3.98. The number of pyridine rings is 1. The third-order valence-corrected chi connectivity index (χ3v) is 2.45. The molecular weight excluding hydrogens is 313 g/mol. The molecule has 1 N–H and O–H groups in total. The second-order valence-corrected chi connectivity index (χ2v) is 3.39. The summed E-state index contributed by atoms with van der Waals surface area (Å²) < 4.78 is 24.0. The fourth-order valence-electron chi connectivity index (χ4n) is 0.799. The molecule has 0 spiro atoms. The molecule has 0 fully saturated rings. The van der Waals surface area contributed by atoms with Gasteiger partial charge in [-0.05, 0) is 22.6 Å². The lowest BCUT2D eigenvalue weighted by Gasteiger charge is -2.00. The Bertz CT molecular complexity index is 432. The number of aromatic nitrogens is 1. The van der Waals surface area contributed by atoms with Crippen molar-refractivity contribution in [3.05, 3.63) is 35.8 Å². The summed E-state index contributed by atoms with van der Waals surface area (Å²) in [4.78, 5) is 22.3. The van der Waals surface area contributed by atoms with Crippen molar-refractivity contribution >= 4 is 28.3 Å². The number of rotatable bonds is 2. The van der Waals surface area contributed by atoms with Gasteiger partial charge in [-0.15, -0.1) is 0 Å². The fourth-order valence-corrected chi connectivity index (χ4v) is 1.29. The van der Waals surface area contributed by atoms with Crippen LogP contribution in [0.4, 0.5) is 14.5 Å². The van der Waals surface area contributed by atoms with Crippen LogP contribution in [0.5, 0.6) is 0 Å². The van der Waals surface area contributed by atoms with Crippen molar-refractivity contribution in [3.8, 4) is 0 Å². The molecule has 0 unspecified atom stereocenters. The zero-order valence-electron chi connectivity index (χ0n) is 6.46. The number of alkyl halides is 2. The van der Waals surface area contributed by atoms with E-state index in [2.05, 4.69) is 0 Å². The Morgan fingerprint density at radius 2 is 2.14 bits per heavy atom. The summed E-state index contributed by atoms with van der Waals surface area (Å²) in [6.07, 6.45) is -2.93. The molecule has 0 atom stereocenters. The summed E-state index contributed by atoms with van der Waals surface area (Å²) >= 11 is 1.43. The van der Waals surface area contributed by atoms with E-state index < -0.39 is 28.3 Å². The zero-order chi connectivity index (χ0) is 10.9. The topological polar surface area (TPSA) is 76.0 Å². The molecular formula is C6H3F2IN2O3. The van der Waals surface area contributed by atoms with E-state index in [1.165, 1.54) is 22.6 Å². The Morgan fingerprint density at radius 3 is 2.57 bits per heavy atom. The molecule has 0 aromatic carbocycles. The predicted molar refractivity (Wildman–Crippen MR) is 51.4 cm³/mol. The summed E-state index contributed by atoms with van der Waals surface area (Å²) in [5.74, 6) is 0. The Kier molecular flexibility index (Phi) is 3.13. The van der Waals surface area contributed by atoms with Crippen LogP contribution in [0.3, 0.4) is 0 Å². The molecule has 14 heavy (non-hydrogen) atoms.